The molecule has 0 atom stereocenters. The number of hydrogen-bond donors (Lipinski definition) is 1. The highest BCUT2D eigenvalue weighted by Crippen LogP contribution is 2.23. The summed E-state index contributed by atoms with van der Waals surface area (Å²) in [5.74, 6) is -0.0690. The van der Waals surface area contributed by atoms with Crippen molar-refractivity contribution in [3.63, 3.8) is 0 Å². The number of hydrogen-bond acceptors (Lipinski definition) is 5. The Morgan fingerprint density at radius 2 is 0.938 bits per heavy atom. The molecule has 0 bridgehead atoms. The van der Waals surface area contributed by atoms with Gasteiger partial charge in [-0.15, -0.1) is 0 Å². The van der Waals surface area contributed by atoms with Crippen LogP contribution >= 0.6 is 11.6 Å². The summed E-state index contributed by atoms with van der Waals surface area (Å²) in [5, 5.41) is 0.568. The van der Waals surface area contributed by atoms with E-state index in [2.05, 4.69) is 0 Å². The molecule has 0 fully saturated rings. The molecule has 0 aliphatic heterocycles. The Balaban J connectivity index is 1.41. The van der Waals surface area contributed by atoms with Crippen LogP contribution in [0.3, 0.4) is 0 Å². The number of carbonyl (C=O) groups excluding carboxylic acids is 2. The second-order valence-corrected chi connectivity index (χ2v) is 7.39. The molecule has 6 heteroatoms. The number of esters is 2. The minimum absolute atomic E-state index is 0.421. The Kier molecular flexibility index (Phi) is 6.19. The summed E-state index contributed by atoms with van der Waals surface area (Å²) < 4.78 is 10.7. The van der Waals surface area contributed by atoms with Crippen molar-refractivity contribution < 1.29 is 19.1 Å². The summed E-state index contributed by atoms with van der Waals surface area (Å²) >= 11 is 5.84. The van der Waals surface area contributed by atoms with Crippen LogP contribution in [0.25, 0.3) is 11.1 Å². The SMILES string of the molecule is Nc1ccc(OC(=O)c2ccc(-c3ccc(C(=O)Oc4ccc(Cl)cc4)cc3)cc2)cc1. The van der Waals surface area contributed by atoms with Gasteiger partial charge in [-0.1, -0.05) is 35.9 Å². The molecule has 4 aromatic rings. The molecule has 0 saturated heterocycles. The Morgan fingerprint density at radius 3 is 1.34 bits per heavy atom. The fourth-order valence-corrected chi connectivity index (χ4v) is 3.09. The number of anilines is 1. The number of nitrogens with two attached hydrogens (primary N) is 1. The van der Waals surface area contributed by atoms with E-state index in [9.17, 15) is 9.59 Å². The summed E-state index contributed by atoms with van der Waals surface area (Å²) in [4.78, 5) is 24.6. The van der Waals surface area contributed by atoms with Gasteiger partial charge in [-0.05, 0) is 83.9 Å². The average molecular weight is 444 g/mol. The molecule has 0 aliphatic rings. The molecule has 0 unspecified atom stereocenters. The molecule has 4 rings (SSSR count). The lowest BCUT2D eigenvalue weighted by atomic mass is 10.0. The van der Waals surface area contributed by atoms with E-state index in [0.29, 0.717) is 33.3 Å². The second-order valence-electron chi connectivity index (χ2n) is 6.96. The molecule has 5 nitrogen and oxygen atoms in total. The standard InChI is InChI=1S/C26H18ClNO4/c27-21-9-13-23(14-10-21)31-25(29)19-5-1-17(2-6-19)18-3-7-20(8-4-18)26(30)32-24-15-11-22(28)12-16-24/h1-16H,28H2. The maximum absolute atomic E-state index is 12.3. The minimum Gasteiger partial charge on any atom is -0.423 e. The molecule has 0 aliphatic carbocycles. The Morgan fingerprint density at radius 1 is 0.562 bits per heavy atom. The van der Waals surface area contributed by atoms with Gasteiger partial charge in [0.1, 0.15) is 11.5 Å². The summed E-state index contributed by atoms with van der Waals surface area (Å²) in [6.45, 7) is 0. The first-order chi connectivity index (χ1) is 15.5. The molecule has 2 N–H and O–H groups in total. The monoisotopic (exact) mass is 443 g/mol. The molecule has 0 aromatic heterocycles. The first-order valence-corrected chi connectivity index (χ1v) is 10.1. The van der Waals surface area contributed by atoms with Crippen LogP contribution in [-0.4, -0.2) is 11.9 Å². The van der Waals surface area contributed by atoms with Gasteiger partial charge in [0.15, 0.2) is 0 Å². The molecular weight excluding hydrogens is 426 g/mol. The van der Waals surface area contributed by atoms with E-state index in [1.54, 1.807) is 72.8 Å². The van der Waals surface area contributed by atoms with Gasteiger partial charge in [0, 0.05) is 10.7 Å². The molecule has 4 aromatic carbocycles. The van der Waals surface area contributed by atoms with Gasteiger partial charge in [-0.2, -0.15) is 0 Å². The third-order valence-electron chi connectivity index (χ3n) is 4.69. The van der Waals surface area contributed by atoms with Gasteiger partial charge in [0.25, 0.3) is 0 Å². The largest absolute Gasteiger partial charge is 0.423 e. The van der Waals surface area contributed by atoms with Crippen molar-refractivity contribution in [3.8, 4) is 22.6 Å². The van der Waals surface area contributed by atoms with Gasteiger partial charge in [-0.3, -0.25) is 0 Å². The van der Waals surface area contributed by atoms with Crippen molar-refractivity contribution in [1.29, 1.82) is 0 Å². The van der Waals surface area contributed by atoms with E-state index < -0.39 is 11.9 Å². The first kappa shape index (κ1) is 21.2. The van der Waals surface area contributed by atoms with Crippen molar-refractivity contribution in [2.45, 2.75) is 0 Å². The van der Waals surface area contributed by atoms with Crippen LogP contribution in [-0.2, 0) is 0 Å². The lowest BCUT2D eigenvalue weighted by Crippen LogP contribution is -2.08. The predicted octanol–water partition coefficient (Wildman–Crippen LogP) is 6.03. The lowest BCUT2D eigenvalue weighted by molar-refractivity contribution is 0.0725. The topological polar surface area (TPSA) is 78.6 Å². The van der Waals surface area contributed by atoms with Gasteiger partial charge in [-0.25, -0.2) is 9.59 Å². The van der Waals surface area contributed by atoms with Crippen LogP contribution in [0.5, 0.6) is 11.5 Å². The van der Waals surface area contributed by atoms with E-state index in [1.165, 1.54) is 0 Å². The zero-order valence-electron chi connectivity index (χ0n) is 16.8. The maximum atomic E-state index is 12.3. The van der Waals surface area contributed by atoms with E-state index in [-0.39, 0.29) is 0 Å². The van der Waals surface area contributed by atoms with Gasteiger partial charge < -0.3 is 15.2 Å². The number of rotatable bonds is 5. The third-order valence-corrected chi connectivity index (χ3v) is 4.94. The fourth-order valence-electron chi connectivity index (χ4n) is 2.97. The highest BCUT2D eigenvalue weighted by Gasteiger charge is 2.11. The molecule has 0 radical (unpaired) electrons. The molecule has 0 spiro atoms. The summed E-state index contributed by atoms with van der Waals surface area (Å²) in [5.41, 5.74) is 8.87. The fraction of sp³-hybridized carbons (Fsp3) is 0. The van der Waals surface area contributed by atoms with Crippen LogP contribution in [0.1, 0.15) is 20.7 Å². The highest BCUT2D eigenvalue weighted by atomic mass is 35.5. The smallest absolute Gasteiger partial charge is 0.343 e. The van der Waals surface area contributed by atoms with Gasteiger partial charge in [0.2, 0.25) is 0 Å². The average Bonchev–Trinajstić information content (AvgIpc) is 2.82. The molecule has 0 amide bonds. The minimum atomic E-state index is -0.459. The van der Waals surface area contributed by atoms with Crippen molar-refractivity contribution >= 4 is 29.2 Å². The van der Waals surface area contributed by atoms with E-state index in [4.69, 9.17) is 26.8 Å². The summed E-state index contributed by atoms with van der Waals surface area (Å²) in [6.07, 6.45) is 0. The molecule has 158 valence electrons. The zero-order valence-corrected chi connectivity index (χ0v) is 17.6. The number of halogens is 1. The highest BCUT2D eigenvalue weighted by molar-refractivity contribution is 6.30. The number of carbonyl (C=O) groups is 2. The van der Waals surface area contributed by atoms with Crippen molar-refractivity contribution in [2.24, 2.45) is 0 Å². The zero-order chi connectivity index (χ0) is 22.5. The molecule has 0 saturated carbocycles. The third kappa shape index (κ3) is 5.14. The van der Waals surface area contributed by atoms with Crippen LogP contribution < -0.4 is 15.2 Å². The number of nitrogen functional groups attached to an aromatic ring is 1. The number of benzene rings is 4. The normalized spacial score (nSPS) is 10.4. The summed E-state index contributed by atoms with van der Waals surface area (Å²) in [6, 6.07) is 27.2. The van der Waals surface area contributed by atoms with Crippen molar-refractivity contribution in [2.75, 3.05) is 5.73 Å². The van der Waals surface area contributed by atoms with Crippen molar-refractivity contribution in [1.82, 2.24) is 0 Å². The van der Waals surface area contributed by atoms with Crippen molar-refractivity contribution in [3.05, 3.63) is 113 Å². The lowest BCUT2D eigenvalue weighted by Gasteiger charge is -2.07. The molecule has 0 heterocycles. The predicted molar refractivity (Wildman–Crippen MR) is 124 cm³/mol. The Labute approximate surface area is 190 Å². The number of ether oxygens (including phenoxy) is 2. The molecule has 32 heavy (non-hydrogen) atoms. The van der Waals surface area contributed by atoms with E-state index in [1.807, 2.05) is 24.3 Å². The van der Waals surface area contributed by atoms with Crippen LogP contribution in [0, 0.1) is 0 Å². The van der Waals surface area contributed by atoms with Crippen LogP contribution in [0.4, 0.5) is 5.69 Å². The van der Waals surface area contributed by atoms with E-state index >= 15 is 0 Å². The van der Waals surface area contributed by atoms with Gasteiger partial charge in [0.05, 0.1) is 11.1 Å². The Hall–Kier alpha value is -4.09. The molecular formula is C26H18ClNO4. The first-order valence-electron chi connectivity index (χ1n) is 9.74. The van der Waals surface area contributed by atoms with Crippen LogP contribution in [0.2, 0.25) is 5.02 Å². The second kappa shape index (κ2) is 9.37. The van der Waals surface area contributed by atoms with Crippen LogP contribution in [0.15, 0.2) is 97.1 Å². The maximum Gasteiger partial charge on any atom is 0.343 e. The quantitative estimate of drug-likeness (QED) is 0.231. The van der Waals surface area contributed by atoms with Gasteiger partial charge >= 0.3 is 11.9 Å². The summed E-state index contributed by atoms with van der Waals surface area (Å²) in [7, 11) is 0. The van der Waals surface area contributed by atoms with E-state index in [0.717, 1.165) is 11.1 Å². The Bertz CT molecular complexity index is 1130.